The molecule has 1 heteroatoms. The van der Waals surface area contributed by atoms with E-state index in [2.05, 4.69) is 26.1 Å². The van der Waals surface area contributed by atoms with Crippen molar-refractivity contribution in [3.63, 3.8) is 0 Å². The monoisotopic (exact) mass is 153 g/mol. The van der Waals surface area contributed by atoms with Crippen molar-refractivity contribution in [1.29, 1.82) is 0 Å². The normalized spacial score (nSPS) is 16.5. The van der Waals surface area contributed by atoms with Crippen LogP contribution in [0.4, 0.5) is 0 Å². The molecule has 0 aliphatic heterocycles. The smallest absolute Gasteiger partial charge is 0.0101 e. The Morgan fingerprint density at radius 1 is 1.36 bits per heavy atom. The summed E-state index contributed by atoms with van der Waals surface area (Å²) in [4.78, 5) is 0. The van der Waals surface area contributed by atoms with Crippen LogP contribution in [0.5, 0.6) is 0 Å². The fourth-order valence-electron chi connectivity index (χ4n) is 1.28. The second-order valence-electron chi connectivity index (χ2n) is 4.57. The van der Waals surface area contributed by atoms with Gasteiger partial charge in [0, 0.05) is 12.7 Å². The van der Waals surface area contributed by atoms with Crippen LogP contribution in [0.25, 0.3) is 0 Å². The van der Waals surface area contributed by atoms with Crippen molar-refractivity contribution in [3.8, 4) is 0 Å². The van der Waals surface area contributed by atoms with Crippen molar-refractivity contribution in [2.24, 2.45) is 5.41 Å². The highest BCUT2D eigenvalue weighted by atomic mass is 14.8. The Hall–Kier alpha value is -0.460. The first kappa shape index (κ1) is 8.63. The quantitative estimate of drug-likeness (QED) is 0.643. The molecule has 1 rings (SSSR count). The van der Waals surface area contributed by atoms with E-state index in [0.717, 1.165) is 0 Å². The zero-order valence-electron chi connectivity index (χ0n) is 8.12. The molecule has 0 radical (unpaired) electrons. The van der Waals surface area contributed by atoms with Gasteiger partial charge in [-0.25, -0.2) is 0 Å². The van der Waals surface area contributed by atoms with Gasteiger partial charge in [0.05, 0.1) is 0 Å². The largest absolute Gasteiger partial charge is 0.391 e. The van der Waals surface area contributed by atoms with Crippen molar-refractivity contribution in [2.45, 2.75) is 40.0 Å². The van der Waals surface area contributed by atoms with E-state index in [1.54, 1.807) is 5.57 Å². The summed E-state index contributed by atoms with van der Waals surface area (Å²) in [6, 6.07) is 0. The molecule has 0 aromatic heterocycles. The molecule has 0 bridgehead atoms. The van der Waals surface area contributed by atoms with Gasteiger partial charge in [-0.15, -0.1) is 0 Å². The third kappa shape index (κ3) is 2.96. The summed E-state index contributed by atoms with van der Waals surface area (Å²) >= 11 is 0. The topological polar surface area (TPSA) is 12.0 Å². The van der Waals surface area contributed by atoms with Crippen molar-refractivity contribution in [3.05, 3.63) is 11.3 Å². The second-order valence-corrected chi connectivity index (χ2v) is 4.57. The lowest BCUT2D eigenvalue weighted by atomic mass is 9.90. The Balaban J connectivity index is 2.53. The van der Waals surface area contributed by atoms with Gasteiger partial charge in [0.15, 0.2) is 0 Å². The summed E-state index contributed by atoms with van der Waals surface area (Å²) in [6.45, 7) is 6.86. The third-order valence-electron chi connectivity index (χ3n) is 1.94. The minimum atomic E-state index is 0.425. The van der Waals surface area contributed by atoms with Gasteiger partial charge < -0.3 is 5.32 Å². The zero-order chi connectivity index (χ0) is 8.48. The summed E-state index contributed by atoms with van der Waals surface area (Å²) in [6.07, 6.45) is 3.84. The highest BCUT2D eigenvalue weighted by Gasteiger charge is 2.20. The minimum Gasteiger partial charge on any atom is -0.391 e. The molecule has 0 saturated heterocycles. The van der Waals surface area contributed by atoms with Gasteiger partial charge in [-0.3, -0.25) is 0 Å². The van der Waals surface area contributed by atoms with E-state index in [1.807, 2.05) is 7.05 Å². The lowest BCUT2D eigenvalue weighted by Crippen LogP contribution is -2.14. The van der Waals surface area contributed by atoms with Crippen LogP contribution in [-0.4, -0.2) is 7.05 Å². The van der Waals surface area contributed by atoms with Gasteiger partial charge in [0.25, 0.3) is 0 Å². The minimum absolute atomic E-state index is 0.425. The molecule has 0 aromatic carbocycles. The average Bonchev–Trinajstić information content (AvgIpc) is 2.61. The van der Waals surface area contributed by atoms with Gasteiger partial charge in [0.1, 0.15) is 0 Å². The molecule has 0 atom stereocenters. The summed E-state index contributed by atoms with van der Waals surface area (Å²) in [5.74, 6) is 0. The summed E-state index contributed by atoms with van der Waals surface area (Å²) < 4.78 is 0. The molecular weight excluding hydrogens is 134 g/mol. The Morgan fingerprint density at radius 3 is 2.18 bits per heavy atom. The Bertz CT molecular complexity index is 166. The number of rotatable bonds is 2. The summed E-state index contributed by atoms with van der Waals surface area (Å²) in [5, 5.41) is 3.30. The number of nitrogens with one attached hydrogen (secondary N) is 1. The lowest BCUT2D eigenvalue weighted by Gasteiger charge is -2.20. The van der Waals surface area contributed by atoms with E-state index >= 15 is 0 Å². The molecule has 64 valence electrons. The van der Waals surface area contributed by atoms with E-state index in [4.69, 9.17) is 0 Å². The average molecular weight is 153 g/mol. The van der Waals surface area contributed by atoms with Crippen LogP contribution in [0.1, 0.15) is 40.0 Å². The molecule has 0 unspecified atom stereocenters. The number of hydrogen-bond acceptors (Lipinski definition) is 1. The first-order valence-corrected chi connectivity index (χ1v) is 4.41. The zero-order valence-corrected chi connectivity index (χ0v) is 8.12. The Kier molecular flexibility index (Phi) is 2.26. The summed E-state index contributed by atoms with van der Waals surface area (Å²) in [7, 11) is 2.03. The number of hydrogen-bond donors (Lipinski definition) is 1. The molecule has 0 spiro atoms. The van der Waals surface area contributed by atoms with Gasteiger partial charge in [0.2, 0.25) is 0 Å². The van der Waals surface area contributed by atoms with Crippen LogP contribution in [-0.2, 0) is 0 Å². The Labute approximate surface area is 69.9 Å². The van der Waals surface area contributed by atoms with Gasteiger partial charge in [-0.1, -0.05) is 26.3 Å². The first-order chi connectivity index (χ1) is 5.03. The van der Waals surface area contributed by atoms with Gasteiger partial charge >= 0.3 is 0 Å². The van der Waals surface area contributed by atoms with Crippen LogP contribution >= 0.6 is 0 Å². The van der Waals surface area contributed by atoms with Crippen LogP contribution in [0.15, 0.2) is 11.3 Å². The van der Waals surface area contributed by atoms with Crippen LogP contribution < -0.4 is 5.32 Å². The predicted molar refractivity (Wildman–Crippen MR) is 49.4 cm³/mol. The van der Waals surface area contributed by atoms with Gasteiger partial charge in [-0.05, 0) is 24.7 Å². The molecule has 1 N–H and O–H groups in total. The molecule has 0 aromatic rings. The fourth-order valence-corrected chi connectivity index (χ4v) is 1.28. The van der Waals surface area contributed by atoms with E-state index in [1.165, 1.54) is 25.0 Å². The second kappa shape index (κ2) is 2.88. The van der Waals surface area contributed by atoms with Crippen molar-refractivity contribution >= 4 is 0 Å². The standard InChI is InChI=1S/C10H19N/c1-10(2,3)7-9(11-4)8-5-6-8/h11H,5-7H2,1-4H3. The SMILES string of the molecule is CNC(CC(C)(C)C)=C1CC1. The first-order valence-electron chi connectivity index (χ1n) is 4.41. The molecular formula is C10H19N. The van der Waals surface area contributed by atoms with E-state index < -0.39 is 0 Å². The van der Waals surface area contributed by atoms with Crippen molar-refractivity contribution in [1.82, 2.24) is 5.32 Å². The van der Waals surface area contributed by atoms with Crippen LogP contribution in [0.2, 0.25) is 0 Å². The van der Waals surface area contributed by atoms with Crippen LogP contribution in [0, 0.1) is 5.41 Å². The molecule has 1 saturated carbocycles. The molecule has 1 aliphatic rings. The maximum atomic E-state index is 3.30. The predicted octanol–water partition coefficient (Wildman–Crippen LogP) is 2.69. The molecule has 11 heavy (non-hydrogen) atoms. The lowest BCUT2D eigenvalue weighted by molar-refractivity contribution is 0.400. The van der Waals surface area contributed by atoms with Crippen molar-refractivity contribution in [2.75, 3.05) is 7.05 Å². The van der Waals surface area contributed by atoms with E-state index in [9.17, 15) is 0 Å². The molecule has 0 amide bonds. The van der Waals surface area contributed by atoms with E-state index in [0.29, 0.717) is 5.41 Å². The number of allylic oxidation sites excluding steroid dienone is 2. The highest BCUT2D eigenvalue weighted by molar-refractivity contribution is 5.24. The third-order valence-corrected chi connectivity index (χ3v) is 1.94. The highest BCUT2D eigenvalue weighted by Crippen LogP contribution is 2.35. The fraction of sp³-hybridized carbons (Fsp3) is 0.800. The molecule has 0 heterocycles. The molecule has 1 aliphatic carbocycles. The molecule has 1 nitrogen and oxygen atoms in total. The van der Waals surface area contributed by atoms with Crippen molar-refractivity contribution < 1.29 is 0 Å². The maximum Gasteiger partial charge on any atom is 0.0101 e. The van der Waals surface area contributed by atoms with Gasteiger partial charge in [-0.2, -0.15) is 0 Å². The molecule has 1 fully saturated rings. The van der Waals surface area contributed by atoms with Crippen LogP contribution in [0.3, 0.4) is 0 Å². The van der Waals surface area contributed by atoms with E-state index in [-0.39, 0.29) is 0 Å². The maximum absolute atomic E-state index is 3.30. The summed E-state index contributed by atoms with van der Waals surface area (Å²) in [5.41, 5.74) is 3.55. The Morgan fingerprint density at radius 2 is 1.91 bits per heavy atom.